The van der Waals surface area contributed by atoms with E-state index in [0.29, 0.717) is 5.69 Å². The number of methoxy groups -OCH3 is 1. The third kappa shape index (κ3) is 2.63. The maximum Gasteiger partial charge on any atom is 0.307 e. The molecule has 0 aromatic heterocycles. The van der Waals surface area contributed by atoms with Crippen molar-refractivity contribution >= 4 is 35.2 Å². The summed E-state index contributed by atoms with van der Waals surface area (Å²) in [6, 6.07) is 7.14. The molecule has 100 valence electrons. The van der Waals surface area contributed by atoms with Gasteiger partial charge in [-0.15, -0.1) is 11.8 Å². The van der Waals surface area contributed by atoms with Crippen LogP contribution in [-0.4, -0.2) is 30.1 Å². The van der Waals surface area contributed by atoms with E-state index in [1.807, 2.05) is 12.1 Å². The molecule has 0 fully saturated rings. The minimum absolute atomic E-state index is 0.0435. The van der Waals surface area contributed by atoms with Crippen LogP contribution in [0.4, 0.5) is 5.69 Å². The van der Waals surface area contributed by atoms with E-state index in [9.17, 15) is 14.4 Å². The van der Waals surface area contributed by atoms with Gasteiger partial charge in [-0.25, -0.2) is 4.90 Å². The lowest BCUT2D eigenvalue weighted by atomic mass is 10.2. The van der Waals surface area contributed by atoms with Gasteiger partial charge in [-0.1, -0.05) is 12.1 Å². The Balaban J connectivity index is 2.36. The van der Waals surface area contributed by atoms with Gasteiger partial charge in [0.2, 0.25) is 11.8 Å². The number of nitrogens with zero attached hydrogens (tertiary/aromatic N) is 1. The highest BCUT2D eigenvalue weighted by atomic mass is 32.2. The first-order chi connectivity index (χ1) is 9.04. The predicted molar refractivity (Wildman–Crippen MR) is 70.9 cm³/mol. The summed E-state index contributed by atoms with van der Waals surface area (Å²) in [5.74, 6) is -1.19. The molecule has 1 aliphatic rings. The Morgan fingerprint density at radius 1 is 1.37 bits per heavy atom. The Kier molecular flexibility index (Phi) is 3.90. The molecule has 0 spiro atoms. The Labute approximate surface area is 114 Å². The molecule has 1 aromatic carbocycles. The number of thioether (sulfide) groups is 1. The van der Waals surface area contributed by atoms with Crippen LogP contribution in [0.25, 0.3) is 0 Å². The fraction of sp³-hybridized carbons (Fsp3) is 0.308. The van der Waals surface area contributed by atoms with E-state index in [1.54, 1.807) is 12.1 Å². The van der Waals surface area contributed by atoms with E-state index in [4.69, 9.17) is 0 Å². The summed E-state index contributed by atoms with van der Waals surface area (Å²) in [5.41, 5.74) is 0.575. The van der Waals surface area contributed by atoms with Crippen LogP contribution in [0.5, 0.6) is 0 Å². The van der Waals surface area contributed by atoms with Crippen molar-refractivity contribution in [3.63, 3.8) is 0 Å². The molecular formula is C13H13NO4S. The fourth-order valence-electron chi connectivity index (χ4n) is 1.90. The quantitative estimate of drug-likeness (QED) is 0.769. The minimum atomic E-state index is -0.619. The Morgan fingerprint density at radius 3 is 2.68 bits per heavy atom. The van der Waals surface area contributed by atoms with E-state index in [0.717, 1.165) is 9.80 Å². The van der Waals surface area contributed by atoms with Gasteiger partial charge in [0.05, 0.1) is 24.5 Å². The zero-order valence-corrected chi connectivity index (χ0v) is 11.4. The molecule has 1 aromatic rings. The molecule has 1 unspecified atom stereocenters. The van der Waals surface area contributed by atoms with Gasteiger partial charge < -0.3 is 4.74 Å². The van der Waals surface area contributed by atoms with E-state index in [1.165, 1.54) is 25.8 Å². The maximum atomic E-state index is 12.3. The average molecular weight is 279 g/mol. The van der Waals surface area contributed by atoms with Gasteiger partial charge in [-0.3, -0.25) is 14.4 Å². The second-order valence-electron chi connectivity index (χ2n) is 4.05. The predicted octanol–water partition coefficient (Wildman–Crippen LogP) is 1.60. The van der Waals surface area contributed by atoms with Gasteiger partial charge in [0.15, 0.2) is 0 Å². The number of imide groups is 1. The number of amides is 2. The summed E-state index contributed by atoms with van der Waals surface area (Å²) in [7, 11) is 1.27. The van der Waals surface area contributed by atoms with Crippen LogP contribution in [0.15, 0.2) is 29.2 Å². The molecule has 6 heteroatoms. The normalized spacial score (nSPS) is 17.9. The first-order valence-corrected chi connectivity index (χ1v) is 6.59. The molecule has 1 atom stereocenters. The molecule has 1 heterocycles. The third-order valence-electron chi connectivity index (χ3n) is 2.77. The first kappa shape index (κ1) is 13.6. The molecule has 0 radical (unpaired) electrons. The summed E-state index contributed by atoms with van der Waals surface area (Å²) in [5, 5.41) is -0.619. The van der Waals surface area contributed by atoms with E-state index < -0.39 is 11.2 Å². The highest BCUT2D eigenvalue weighted by Gasteiger charge is 2.36. The molecule has 0 aliphatic carbocycles. The summed E-state index contributed by atoms with van der Waals surface area (Å²) < 4.78 is 4.58. The van der Waals surface area contributed by atoms with Gasteiger partial charge in [0.1, 0.15) is 0 Å². The topological polar surface area (TPSA) is 63.7 Å². The Morgan fingerprint density at radius 2 is 2.05 bits per heavy atom. The van der Waals surface area contributed by atoms with Crippen molar-refractivity contribution in [1.29, 1.82) is 0 Å². The summed E-state index contributed by atoms with van der Waals surface area (Å²) in [4.78, 5) is 37.2. The second kappa shape index (κ2) is 5.44. The number of para-hydroxylation sites is 1. The van der Waals surface area contributed by atoms with E-state index in [-0.39, 0.29) is 18.2 Å². The molecule has 19 heavy (non-hydrogen) atoms. The maximum absolute atomic E-state index is 12.3. The van der Waals surface area contributed by atoms with Crippen LogP contribution >= 0.6 is 11.8 Å². The second-order valence-corrected chi connectivity index (χ2v) is 5.29. The van der Waals surface area contributed by atoms with Crippen molar-refractivity contribution in [2.75, 3.05) is 12.0 Å². The molecule has 2 rings (SSSR count). The van der Waals surface area contributed by atoms with E-state index >= 15 is 0 Å². The Hall–Kier alpha value is -1.82. The number of anilines is 1. The lowest BCUT2D eigenvalue weighted by molar-refractivity contribution is -0.142. The molecule has 0 N–H and O–H groups in total. The fourth-order valence-corrected chi connectivity index (χ4v) is 3.07. The van der Waals surface area contributed by atoms with Crippen LogP contribution < -0.4 is 4.90 Å². The molecule has 1 aliphatic heterocycles. The molecule has 0 bridgehead atoms. The van der Waals surface area contributed by atoms with Crippen molar-refractivity contribution in [2.24, 2.45) is 0 Å². The smallest absolute Gasteiger partial charge is 0.307 e. The number of carbonyl (C=O) groups excluding carboxylic acids is 3. The van der Waals surface area contributed by atoms with Crippen molar-refractivity contribution in [3.05, 3.63) is 24.3 Å². The van der Waals surface area contributed by atoms with Gasteiger partial charge in [0, 0.05) is 11.8 Å². The van der Waals surface area contributed by atoms with Gasteiger partial charge in [0.25, 0.3) is 0 Å². The summed E-state index contributed by atoms with van der Waals surface area (Å²) >= 11 is 1.29. The SMILES string of the molecule is COC(=O)CC1Sc2ccccc2N(C(C)=O)C1=O. The van der Waals surface area contributed by atoms with Crippen LogP contribution in [0.3, 0.4) is 0 Å². The van der Waals surface area contributed by atoms with E-state index in [2.05, 4.69) is 4.74 Å². The standard InChI is InChI=1S/C13H13NO4S/c1-8(15)14-9-5-3-4-6-10(9)19-11(13(14)17)7-12(16)18-2/h3-6,11H,7H2,1-2H3. The number of carbonyl (C=O) groups is 3. The third-order valence-corrected chi connectivity index (χ3v) is 4.02. The zero-order chi connectivity index (χ0) is 14.0. The summed E-state index contributed by atoms with van der Waals surface area (Å²) in [6.07, 6.45) is -0.0435. The van der Waals surface area contributed by atoms with Crippen LogP contribution in [0, 0.1) is 0 Å². The largest absolute Gasteiger partial charge is 0.469 e. The van der Waals surface area contributed by atoms with Crippen LogP contribution in [-0.2, 0) is 19.1 Å². The lowest BCUT2D eigenvalue weighted by Gasteiger charge is -2.31. The zero-order valence-electron chi connectivity index (χ0n) is 10.6. The monoisotopic (exact) mass is 279 g/mol. The van der Waals surface area contributed by atoms with Crippen molar-refractivity contribution < 1.29 is 19.1 Å². The average Bonchev–Trinajstić information content (AvgIpc) is 2.39. The summed E-state index contributed by atoms with van der Waals surface area (Å²) in [6.45, 7) is 1.33. The van der Waals surface area contributed by atoms with Crippen LogP contribution in [0.1, 0.15) is 13.3 Å². The molecule has 0 saturated heterocycles. The molecular weight excluding hydrogens is 266 g/mol. The molecule has 0 saturated carbocycles. The number of rotatable bonds is 2. The minimum Gasteiger partial charge on any atom is -0.469 e. The number of benzene rings is 1. The Bertz CT molecular complexity index is 543. The first-order valence-electron chi connectivity index (χ1n) is 5.71. The van der Waals surface area contributed by atoms with Crippen molar-refractivity contribution in [2.45, 2.75) is 23.5 Å². The highest BCUT2D eigenvalue weighted by Crippen LogP contribution is 2.40. The van der Waals surface area contributed by atoms with Gasteiger partial charge in [-0.05, 0) is 12.1 Å². The molecule has 5 nitrogen and oxygen atoms in total. The lowest BCUT2D eigenvalue weighted by Crippen LogP contribution is -2.44. The van der Waals surface area contributed by atoms with Gasteiger partial charge in [-0.2, -0.15) is 0 Å². The van der Waals surface area contributed by atoms with Crippen molar-refractivity contribution in [3.8, 4) is 0 Å². The van der Waals surface area contributed by atoms with Crippen LogP contribution in [0.2, 0.25) is 0 Å². The van der Waals surface area contributed by atoms with Gasteiger partial charge >= 0.3 is 5.97 Å². The number of esters is 1. The van der Waals surface area contributed by atoms with Crippen molar-refractivity contribution in [1.82, 2.24) is 0 Å². The molecule has 2 amide bonds. The number of hydrogen-bond acceptors (Lipinski definition) is 5. The number of hydrogen-bond donors (Lipinski definition) is 0. The number of ether oxygens (including phenoxy) is 1. The highest BCUT2D eigenvalue weighted by molar-refractivity contribution is 8.01. The number of fused-ring (bicyclic) bond motifs is 1.